The normalized spacial score (nSPS) is 11.5. The largest absolute Gasteiger partial charge is 0.418 e. The summed E-state index contributed by atoms with van der Waals surface area (Å²) < 4.78 is 55.1. The van der Waals surface area contributed by atoms with Crippen molar-refractivity contribution in [1.82, 2.24) is 9.55 Å². The number of carbonyl (C=O) groups excluding carboxylic acids is 1. The summed E-state index contributed by atoms with van der Waals surface area (Å²) in [4.78, 5) is 17.4. The SMILES string of the molecule is NN(C(=O)c1cn(-c2ccc(F)cc2)c(-c2ccccc2Cl)n1)c1ccccc1C(F)(F)F. The van der Waals surface area contributed by atoms with Gasteiger partial charge >= 0.3 is 6.18 Å². The van der Waals surface area contributed by atoms with E-state index in [1.165, 1.54) is 47.2 Å². The summed E-state index contributed by atoms with van der Waals surface area (Å²) in [7, 11) is 0. The van der Waals surface area contributed by atoms with Gasteiger partial charge in [-0.1, -0.05) is 35.9 Å². The Hall–Kier alpha value is -3.69. The van der Waals surface area contributed by atoms with Crippen LogP contribution in [0, 0.1) is 5.82 Å². The molecule has 5 nitrogen and oxygen atoms in total. The Balaban J connectivity index is 1.82. The van der Waals surface area contributed by atoms with E-state index in [4.69, 9.17) is 17.4 Å². The minimum absolute atomic E-state index is 0.228. The average molecular weight is 475 g/mol. The van der Waals surface area contributed by atoms with Crippen molar-refractivity contribution in [3.8, 4) is 17.1 Å². The number of hydrogen-bond donors (Lipinski definition) is 1. The fourth-order valence-electron chi connectivity index (χ4n) is 3.27. The Morgan fingerprint density at radius 3 is 2.27 bits per heavy atom. The van der Waals surface area contributed by atoms with Gasteiger partial charge in [-0.3, -0.25) is 9.36 Å². The van der Waals surface area contributed by atoms with Crippen LogP contribution >= 0.6 is 11.6 Å². The number of hydrazine groups is 1. The Labute approximate surface area is 190 Å². The quantitative estimate of drug-likeness (QED) is 0.174. The van der Waals surface area contributed by atoms with Crippen molar-refractivity contribution in [2.45, 2.75) is 6.18 Å². The summed E-state index contributed by atoms with van der Waals surface area (Å²) in [5.41, 5.74) is -0.900. The highest BCUT2D eigenvalue weighted by molar-refractivity contribution is 6.33. The number of aromatic nitrogens is 2. The van der Waals surface area contributed by atoms with Gasteiger partial charge in [0.2, 0.25) is 0 Å². The Bertz CT molecular complexity index is 1320. The van der Waals surface area contributed by atoms with Gasteiger partial charge in [0.1, 0.15) is 17.3 Å². The number of benzene rings is 3. The van der Waals surface area contributed by atoms with Crippen molar-refractivity contribution >= 4 is 23.2 Å². The second kappa shape index (κ2) is 8.68. The van der Waals surface area contributed by atoms with Crippen LogP contribution in [0.1, 0.15) is 16.1 Å². The first-order chi connectivity index (χ1) is 15.7. The van der Waals surface area contributed by atoms with Gasteiger partial charge in [0.15, 0.2) is 0 Å². The molecule has 0 saturated heterocycles. The second-order valence-corrected chi connectivity index (χ2v) is 7.37. The molecule has 0 atom stereocenters. The molecule has 33 heavy (non-hydrogen) atoms. The van der Waals surface area contributed by atoms with Gasteiger partial charge in [-0.2, -0.15) is 13.2 Å². The number of nitrogens with two attached hydrogens (primary N) is 1. The Morgan fingerprint density at radius 2 is 1.61 bits per heavy atom. The predicted octanol–water partition coefficient (Wildman–Crippen LogP) is 5.87. The van der Waals surface area contributed by atoms with E-state index < -0.39 is 29.2 Å². The molecule has 3 aromatic carbocycles. The minimum atomic E-state index is -4.72. The van der Waals surface area contributed by atoms with E-state index in [0.29, 0.717) is 21.3 Å². The van der Waals surface area contributed by atoms with Gasteiger partial charge in [-0.05, 0) is 48.5 Å². The van der Waals surface area contributed by atoms with E-state index in [1.807, 2.05) is 0 Å². The van der Waals surface area contributed by atoms with Gasteiger partial charge in [-0.25, -0.2) is 20.2 Å². The summed E-state index contributed by atoms with van der Waals surface area (Å²) in [5.74, 6) is 4.61. The lowest BCUT2D eigenvalue weighted by Crippen LogP contribution is -2.39. The zero-order valence-electron chi connectivity index (χ0n) is 16.7. The second-order valence-electron chi connectivity index (χ2n) is 6.97. The van der Waals surface area contributed by atoms with E-state index in [0.717, 1.165) is 12.1 Å². The summed E-state index contributed by atoms with van der Waals surface area (Å²) in [6.07, 6.45) is -3.41. The number of rotatable bonds is 4. The number of halogens is 5. The van der Waals surface area contributed by atoms with Gasteiger partial charge in [0.25, 0.3) is 5.91 Å². The highest BCUT2D eigenvalue weighted by atomic mass is 35.5. The maximum absolute atomic E-state index is 13.4. The number of para-hydroxylation sites is 1. The molecular formula is C23H15ClF4N4O. The first-order valence-corrected chi connectivity index (χ1v) is 9.90. The molecule has 0 aliphatic heterocycles. The summed E-state index contributed by atoms with van der Waals surface area (Å²) in [5, 5.41) is 0.730. The van der Waals surface area contributed by atoms with Gasteiger partial charge in [-0.15, -0.1) is 0 Å². The van der Waals surface area contributed by atoms with E-state index in [9.17, 15) is 22.4 Å². The van der Waals surface area contributed by atoms with Crippen LogP contribution in [0.25, 0.3) is 17.1 Å². The number of alkyl halides is 3. The first kappa shape index (κ1) is 22.5. The lowest BCUT2D eigenvalue weighted by atomic mass is 10.1. The number of nitrogens with zero attached hydrogens (tertiary/aromatic N) is 3. The summed E-state index contributed by atoms with van der Waals surface area (Å²) in [6, 6.07) is 16.5. The lowest BCUT2D eigenvalue weighted by molar-refractivity contribution is -0.137. The predicted molar refractivity (Wildman–Crippen MR) is 116 cm³/mol. The van der Waals surface area contributed by atoms with E-state index in [2.05, 4.69) is 4.98 Å². The van der Waals surface area contributed by atoms with Crippen LogP contribution in [-0.4, -0.2) is 15.5 Å². The molecule has 0 saturated carbocycles. The fraction of sp³-hybridized carbons (Fsp3) is 0.0435. The molecule has 0 radical (unpaired) electrons. The Kier molecular flexibility index (Phi) is 5.92. The maximum Gasteiger partial charge on any atom is 0.418 e. The van der Waals surface area contributed by atoms with Gasteiger partial charge < -0.3 is 0 Å². The van der Waals surface area contributed by atoms with Crippen molar-refractivity contribution in [3.63, 3.8) is 0 Å². The zero-order chi connectivity index (χ0) is 23.8. The maximum atomic E-state index is 13.4. The molecule has 1 heterocycles. The summed E-state index contributed by atoms with van der Waals surface area (Å²) in [6.45, 7) is 0. The van der Waals surface area contributed by atoms with E-state index >= 15 is 0 Å². The number of anilines is 1. The number of imidazole rings is 1. The van der Waals surface area contributed by atoms with Crippen molar-refractivity contribution in [2.24, 2.45) is 5.84 Å². The highest BCUT2D eigenvalue weighted by Crippen LogP contribution is 2.36. The molecule has 0 unspecified atom stereocenters. The molecule has 0 bridgehead atoms. The van der Waals surface area contributed by atoms with E-state index in [1.54, 1.807) is 24.3 Å². The molecule has 4 rings (SSSR count). The van der Waals surface area contributed by atoms with Crippen LogP contribution in [0.5, 0.6) is 0 Å². The molecule has 2 N–H and O–H groups in total. The van der Waals surface area contributed by atoms with Crippen LogP contribution in [0.15, 0.2) is 79.0 Å². The molecule has 0 aliphatic rings. The molecule has 1 aromatic heterocycles. The third kappa shape index (κ3) is 4.46. The highest BCUT2D eigenvalue weighted by Gasteiger charge is 2.36. The first-order valence-electron chi connectivity index (χ1n) is 9.52. The zero-order valence-corrected chi connectivity index (χ0v) is 17.5. The van der Waals surface area contributed by atoms with E-state index in [-0.39, 0.29) is 11.5 Å². The average Bonchev–Trinajstić information content (AvgIpc) is 3.23. The fourth-order valence-corrected chi connectivity index (χ4v) is 3.49. The third-order valence-corrected chi connectivity index (χ3v) is 5.16. The molecule has 1 amide bonds. The molecule has 10 heteroatoms. The minimum Gasteiger partial charge on any atom is -0.299 e. The van der Waals surface area contributed by atoms with Crippen LogP contribution in [0.2, 0.25) is 5.02 Å². The molecule has 168 valence electrons. The van der Waals surface area contributed by atoms with Crippen molar-refractivity contribution in [3.05, 3.63) is 101 Å². The molecule has 4 aromatic rings. The number of hydrogen-bond acceptors (Lipinski definition) is 3. The third-order valence-electron chi connectivity index (χ3n) is 4.83. The van der Waals surface area contributed by atoms with Crippen molar-refractivity contribution < 1.29 is 22.4 Å². The van der Waals surface area contributed by atoms with Crippen molar-refractivity contribution in [1.29, 1.82) is 0 Å². The Morgan fingerprint density at radius 1 is 0.970 bits per heavy atom. The van der Waals surface area contributed by atoms with Crippen LogP contribution in [-0.2, 0) is 6.18 Å². The molecular weight excluding hydrogens is 460 g/mol. The topological polar surface area (TPSA) is 64.2 Å². The van der Waals surface area contributed by atoms with Crippen molar-refractivity contribution in [2.75, 3.05) is 5.01 Å². The van der Waals surface area contributed by atoms with Gasteiger partial charge in [0.05, 0.1) is 16.3 Å². The number of carbonyl (C=O) groups is 1. The van der Waals surface area contributed by atoms with Crippen LogP contribution < -0.4 is 10.9 Å². The summed E-state index contributed by atoms with van der Waals surface area (Å²) >= 11 is 6.30. The number of amides is 1. The standard InChI is InChI=1S/C23H15ClF4N4O/c24-18-7-3-1-5-16(18)21-30-19(13-31(21)15-11-9-14(25)10-12-15)22(33)32(29)20-8-4-2-6-17(20)23(26,27)28/h1-13H,29H2. The monoisotopic (exact) mass is 474 g/mol. The molecule has 0 spiro atoms. The molecule has 0 fully saturated rings. The van der Waals surface area contributed by atoms with Crippen LogP contribution in [0.4, 0.5) is 23.2 Å². The molecule has 0 aliphatic carbocycles. The lowest BCUT2D eigenvalue weighted by Gasteiger charge is -2.20. The smallest absolute Gasteiger partial charge is 0.299 e. The van der Waals surface area contributed by atoms with Crippen LogP contribution in [0.3, 0.4) is 0 Å². The van der Waals surface area contributed by atoms with Gasteiger partial charge in [0, 0.05) is 17.4 Å².